The van der Waals surface area contributed by atoms with Gasteiger partial charge in [-0.05, 0) is 42.5 Å². The molecule has 2 aromatic rings. The van der Waals surface area contributed by atoms with Gasteiger partial charge >= 0.3 is 5.97 Å². The van der Waals surface area contributed by atoms with Gasteiger partial charge in [0.15, 0.2) is 0 Å². The summed E-state index contributed by atoms with van der Waals surface area (Å²) in [5.74, 6) is -2.00. The van der Waals surface area contributed by atoms with Gasteiger partial charge in [-0.3, -0.25) is 24.5 Å². The second-order valence-corrected chi connectivity index (χ2v) is 8.70. The summed E-state index contributed by atoms with van der Waals surface area (Å²) in [4.78, 5) is 51.1. The van der Waals surface area contributed by atoms with Crippen molar-refractivity contribution in [2.75, 3.05) is 26.2 Å². The highest BCUT2D eigenvalue weighted by Crippen LogP contribution is 2.20. The molecule has 0 radical (unpaired) electrons. The number of carbonyl (C=O) groups is 4. The lowest BCUT2D eigenvalue weighted by atomic mass is 10.0. The van der Waals surface area contributed by atoms with Crippen molar-refractivity contribution in [3.8, 4) is 5.75 Å². The summed E-state index contributed by atoms with van der Waals surface area (Å²) in [5.41, 5.74) is 1.82. The summed E-state index contributed by atoms with van der Waals surface area (Å²) in [5, 5.41) is 26.3. The molecule has 192 valence electrons. The predicted molar refractivity (Wildman–Crippen MR) is 132 cm³/mol. The molecule has 1 aliphatic rings. The van der Waals surface area contributed by atoms with Crippen molar-refractivity contribution >= 4 is 23.7 Å². The van der Waals surface area contributed by atoms with Gasteiger partial charge in [0.05, 0.1) is 13.1 Å². The molecule has 3 amide bonds. The molecule has 0 saturated carbocycles. The highest BCUT2D eigenvalue weighted by Gasteiger charge is 2.37. The Morgan fingerprint density at radius 1 is 0.972 bits per heavy atom. The molecular formula is C26H32N4O6. The van der Waals surface area contributed by atoms with E-state index in [0.717, 1.165) is 11.1 Å². The Morgan fingerprint density at radius 2 is 1.69 bits per heavy atom. The molecule has 1 heterocycles. The molecule has 2 atom stereocenters. The second-order valence-electron chi connectivity index (χ2n) is 8.70. The van der Waals surface area contributed by atoms with Crippen molar-refractivity contribution in [2.24, 2.45) is 0 Å². The van der Waals surface area contributed by atoms with E-state index in [-0.39, 0.29) is 37.1 Å². The van der Waals surface area contributed by atoms with Crippen LogP contribution in [0.1, 0.15) is 24.0 Å². The number of aromatic hydroxyl groups is 1. The number of hydrogen-bond donors (Lipinski definition) is 5. The minimum atomic E-state index is -1.09. The van der Waals surface area contributed by atoms with Crippen LogP contribution in [0.5, 0.6) is 5.75 Å². The van der Waals surface area contributed by atoms with Gasteiger partial charge in [-0.1, -0.05) is 42.5 Å². The molecule has 1 saturated heterocycles. The SMILES string of the molecule is O=C(O)CNCC(=O)N[C@H](Cc1ccccc1)C(=O)N1CCC[C@H]1C(=O)NCCc1ccc(O)cc1. The highest BCUT2D eigenvalue weighted by atomic mass is 16.4. The lowest BCUT2D eigenvalue weighted by Gasteiger charge is -2.29. The van der Waals surface area contributed by atoms with Gasteiger partial charge in [0.25, 0.3) is 0 Å². The van der Waals surface area contributed by atoms with Crippen molar-refractivity contribution in [1.29, 1.82) is 0 Å². The monoisotopic (exact) mass is 496 g/mol. The maximum atomic E-state index is 13.5. The van der Waals surface area contributed by atoms with E-state index in [4.69, 9.17) is 5.11 Å². The fraction of sp³-hybridized carbons (Fsp3) is 0.385. The Kier molecular flexibility index (Phi) is 9.82. The lowest BCUT2D eigenvalue weighted by molar-refractivity contribution is -0.141. The highest BCUT2D eigenvalue weighted by molar-refractivity contribution is 5.93. The first-order chi connectivity index (χ1) is 17.3. The van der Waals surface area contributed by atoms with Gasteiger partial charge in [0, 0.05) is 19.5 Å². The molecule has 0 aromatic heterocycles. The fourth-order valence-corrected chi connectivity index (χ4v) is 4.19. The molecule has 36 heavy (non-hydrogen) atoms. The molecule has 0 bridgehead atoms. The summed E-state index contributed by atoms with van der Waals surface area (Å²) < 4.78 is 0. The predicted octanol–water partition coefficient (Wildman–Crippen LogP) is 0.444. The van der Waals surface area contributed by atoms with Crippen LogP contribution in [0.25, 0.3) is 0 Å². The molecule has 10 nitrogen and oxygen atoms in total. The van der Waals surface area contributed by atoms with Crippen LogP contribution in [0.4, 0.5) is 0 Å². The minimum Gasteiger partial charge on any atom is -0.508 e. The zero-order chi connectivity index (χ0) is 25.9. The Morgan fingerprint density at radius 3 is 2.39 bits per heavy atom. The average Bonchev–Trinajstić information content (AvgIpc) is 3.35. The number of aliphatic carboxylic acids is 1. The van der Waals surface area contributed by atoms with Crippen molar-refractivity contribution in [2.45, 2.75) is 37.8 Å². The van der Waals surface area contributed by atoms with E-state index in [2.05, 4.69) is 16.0 Å². The van der Waals surface area contributed by atoms with Crippen molar-refractivity contribution in [3.05, 3.63) is 65.7 Å². The first-order valence-corrected chi connectivity index (χ1v) is 12.0. The van der Waals surface area contributed by atoms with Gasteiger partial charge < -0.3 is 25.7 Å². The number of nitrogens with one attached hydrogen (secondary N) is 3. The maximum absolute atomic E-state index is 13.5. The number of carboxylic acid groups (broad SMARTS) is 1. The Balaban J connectivity index is 1.62. The van der Waals surface area contributed by atoms with E-state index in [1.807, 2.05) is 30.3 Å². The van der Waals surface area contributed by atoms with Crippen LogP contribution < -0.4 is 16.0 Å². The van der Waals surface area contributed by atoms with Crippen LogP contribution in [0.3, 0.4) is 0 Å². The van der Waals surface area contributed by atoms with Gasteiger partial charge in [-0.15, -0.1) is 0 Å². The molecule has 3 rings (SSSR count). The van der Waals surface area contributed by atoms with E-state index in [9.17, 15) is 24.3 Å². The normalized spacial score (nSPS) is 15.8. The number of nitrogens with zero attached hydrogens (tertiary/aromatic N) is 1. The fourth-order valence-electron chi connectivity index (χ4n) is 4.19. The Labute approximate surface area is 209 Å². The van der Waals surface area contributed by atoms with Crippen LogP contribution in [-0.4, -0.2) is 77.1 Å². The summed E-state index contributed by atoms with van der Waals surface area (Å²) in [6.07, 6.45) is 2.04. The van der Waals surface area contributed by atoms with Crippen LogP contribution in [0.15, 0.2) is 54.6 Å². The first-order valence-electron chi connectivity index (χ1n) is 12.0. The van der Waals surface area contributed by atoms with Crippen molar-refractivity contribution in [1.82, 2.24) is 20.9 Å². The summed E-state index contributed by atoms with van der Waals surface area (Å²) in [6.45, 7) is 0.185. The van der Waals surface area contributed by atoms with E-state index in [0.29, 0.717) is 32.4 Å². The van der Waals surface area contributed by atoms with Gasteiger partial charge in [-0.2, -0.15) is 0 Å². The Hall–Kier alpha value is -3.92. The maximum Gasteiger partial charge on any atom is 0.317 e. The largest absolute Gasteiger partial charge is 0.508 e. The molecule has 1 fully saturated rings. The molecule has 1 aliphatic heterocycles. The molecule has 2 aromatic carbocycles. The topological polar surface area (TPSA) is 148 Å². The van der Waals surface area contributed by atoms with Crippen molar-refractivity contribution < 1.29 is 29.4 Å². The second kappa shape index (κ2) is 13.2. The molecule has 5 N–H and O–H groups in total. The quantitative estimate of drug-likeness (QED) is 0.286. The molecule has 0 spiro atoms. The third kappa shape index (κ3) is 8.09. The number of phenols is 1. The van der Waals surface area contributed by atoms with E-state index >= 15 is 0 Å². The zero-order valence-corrected chi connectivity index (χ0v) is 20.0. The zero-order valence-electron chi connectivity index (χ0n) is 20.0. The molecule has 0 aliphatic carbocycles. The third-order valence-electron chi connectivity index (χ3n) is 5.97. The molecule has 10 heteroatoms. The van der Waals surface area contributed by atoms with Crippen LogP contribution in [-0.2, 0) is 32.0 Å². The van der Waals surface area contributed by atoms with E-state index in [1.165, 1.54) is 4.90 Å². The standard InChI is InChI=1S/C26H32N4O6/c31-20-10-8-18(9-11-20)12-13-28-25(35)22-7-4-14-30(22)26(36)21(15-19-5-2-1-3-6-19)29-23(32)16-27-17-24(33)34/h1-3,5-6,8-11,21-22,27,31H,4,7,12-17H2,(H,28,35)(H,29,32)(H,33,34)/t21-,22+/m1/s1. The van der Waals surface area contributed by atoms with Crippen LogP contribution in [0, 0.1) is 0 Å². The average molecular weight is 497 g/mol. The van der Waals surface area contributed by atoms with E-state index < -0.39 is 24.0 Å². The third-order valence-corrected chi connectivity index (χ3v) is 5.97. The number of hydrogen-bond acceptors (Lipinski definition) is 6. The summed E-state index contributed by atoms with van der Waals surface area (Å²) >= 11 is 0. The van der Waals surface area contributed by atoms with E-state index in [1.54, 1.807) is 24.3 Å². The lowest BCUT2D eigenvalue weighted by Crippen LogP contribution is -2.55. The summed E-state index contributed by atoms with van der Waals surface area (Å²) in [6, 6.07) is 14.5. The molecule has 0 unspecified atom stereocenters. The number of rotatable bonds is 12. The van der Waals surface area contributed by atoms with Crippen LogP contribution >= 0.6 is 0 Å². The number of phenolic OH excluding ortho intramolecular Hbond substituents is 1. The number of amides is 3. The number of carbonyl (C=O) groups excluding carboxylic acids is 3. The van der Waals surface area contributed by atoms with Crippen LogP contribution in [0.2, 0.25) is 0 Å². The molecular weight excluding hydrogens is 464 g/mol. The van der Waals surface area contributed by atoms with Gasteiger partial charge in [0.1, 0.15) is 17.8 Å². The number of carboxylic acids is 1. The van der Waals surface area contributed by atoms with Gasteiger partial charge in [0.2, 0.25) is 17.7 Å². The Bertz CT molecular complexity index is 1040. The van der Waals surface area contributed by atoms with Crippen molar-refractivity contribution in [3.63, 3.8) is 0 Å². The minimum absolute atomic E-state index is 0.178. The number of benzene rings is 2. The smallest absolute Gasteiger partial charge is 0.317 e. The van der Waals surface area contributed by atoms with Gasteiger partial charge in [-0.25, -0.2) is 0 Å². The first kappa shape index (κ1) is 26.7. The number of likely N-dealkylation sites (tertiary alicyclic amines) is 1. The summed E-state index contributed by atoms with van der Waals surface area (Å²) in [7, 11) is 0.